The zero-order valence-electron chi connectivity index (χ0n) is 13.6. The summed E-state index contributed by atoms with van der Waals surface area (Å²) in [6.07, 6.45) is 0.825. The molecule has 23 heavy (non-hydrogen) atoms. The third-order valence-electron chi connectivity index (χ3n) is 3.76. The Bertz CT molecular complexity index is 752. The van der Waals surface area contributed by atoms with Crippen molar-refractivity contribution in [3.05, 3.63) is 44.9 Å². The number of anilines is 1. The van der Waals surface area contributed by atoms with E-state index in [4.69, 9.17) is 5.11 Å². The summed E-state index contributed by atoms with van der Waals surface area (Å²) < 4.78 is 0. The molecule has 2 aromatic rings. The third kappa shape index (κ3) is 3.59. The summed E-state index contributed by atoms with van der Waals surface area (Å²) in [6, 6.07) is 5.91. The highest BCUT2D eigenvalue weighted by molar-refractivity contribution is 7.13. The number of hydrogen-bond donors (Lipinski definition) is 2. The van der Waals surface area contributed by atoms with Crippen molar-refractivity contribution in [2.75, 3.05) is 5.32 Å². The Labute approximate surface area is 139 Å². The second kappa shape index (κ2) is 6.91. The van der Waals surface area contributed by atoms with Crippen LogP contribution in [0.4, 0.5) is 5.69 Å². The molecule has 0 saturated heterocycles. The van der Waals surface area contributed by atoms with Crippen LogP contribution in [0.2, 0.25) is 0 Å². The number of nitrogens with zero attached hydrogens (tertiary/aromatic N) is 1. The highest BCUT2D eigenvalue weighted by atomic mass is 32.1. The van der Waals surface area contributed by atoms with Gasteiger partial charge in [0.25, 0.3) is 0 Å². The third-order valence-corrected chi connectivity index (χ3v) is 5.09. The van der Waals surface area contributed by atoms with Crippen molar-refractivity contribution in [1.82, 2.24) is 4.98 Å². The van der Waals surface area contributed by atoms with Gasteiger partial charge in [-0.05, 0) is 38.3 Å². The lowest BCUT2D eigenvalue weighted by Gasteiger charge is -2.15. The summed E-state index contributed by atoms with van der Waals surface area (Å²) in [5, 5.41) is 12.6. The summed E-state index contributed by atoms with van der Waals surface area (Å²) in [4.78, 5) is 28.1. The second-order valence-electron chi connectivity index (χ2n) is 5.45. The van der Waals surface area contributed by atoms with Gasteiger partial charge in [0.2, 0.25) is 5.91 Å². The Morgan fingerprint density at radius 2 is 2.04 bits per heavy atom. The van der Waals surface area contributed by atoms with Gasteiger partial charge in [-0.1, -0.05) is 25.1 Å². The van der Waals surface area contributed by atoms with Gasteiger partial charge in [0, 0.05) is 5.69 Å². The number of carbonyl (C=O) groups excluding carboxylic acids is 1. The van der Waals surface area contributed by atoms with Crippen molar-refractivity contribution >= 4 is 28.9 Å². The average molecular weight is 332 g/mol. The van der Waals surface area contributed by atoms with Gasteiger partial charge >= 0.3 is 5.97 Å². The minimum absolute atomic E-state index is 0.181. The number of carboxylic acids is 1. The lowest BCUT2D eigenvalue weighted by molar-refractivity contribution is -0.117. The van der Waals surface area contributed by atoms with E-state index in [1.54, 1.807) is 13.8 Å². The van der Waals surface area contributed by atoms with Gasteiger partial charge in [-0.3, -0.25) is 4.79 Å². The fourth-order valence-electron chi connectivity index (χ4n) is 2.35. The number of thiazole rings is 1. The first-order chi connectivity index (χ1) is 10.8. The largest absolute Gasteiger partial charge is 0.477 e. The quantitative estimate of drug-likeness (QED) is 0.873. The van der Waals surface area contributed by atoms with Crippen LogP contribution in [-0.2, 0) is 11.2 Å². The molecule has 0 aliphatic rings. The number of aromatic carboxylic acids is 1. The van der Waals surface area contributed by atoms with E-state index in [1.165, 1.54) is 0 Å². The second-order valence-corrected chi connectivity index (χ2v) is 6.48. The molecule has 1 atom stereocenters. The van der Waals surface area contributed by atoms with Crippen LogP contribution < -0.4 is 5.32 Å². The average Bonchev–Trinajstić information content (AvgIpc) is 2.90. The SMILES string of the molecule is CCc1cccc(C)c1NC(=O)[C@H](C)c1nc(C)c(C(=O)O)s1. The molecule has 0 aliphatic heterocycles. The summed E-state index contributed by atoms with van der Waals surface area (Å²) >= 11 is 1.06. The van der Waals surface area contributed by atoms with E-state index in [0.717, 1.165) is 34.6 Å². The Hall–Kier alpha value is -2.21. The zero-order chi connectivity index (χ0) is 17.1. The molecule has 0 unspecified atom stereocenters. The molecule has 0 fully saturated rings. The van der Waals surface area contributed by atoms with Gasteiger partial charge in [0.05, 0.1) is 11.6 Å². The van der Waals surface area contributed by atoms with Crippen LogP contribution in [0, 0.1) is 13.8 Å². The molecule has 2 rings (SSSR count). The predicted molar refractivity (Wildman–Crippen MR) is 91.4 cm³/mol. The number of aromatic nitrogens is 1. The summed E-state index contributed by atoms with van der Waals surface area (Å²) in [7, 11) is 0. The highest BCUT2D eigenvalue weighted by Gasteiger charge is 2.23. The molecule has 2 N–H and O–H groups in total. The molecule has 122 valence electrons. The maximum atomic E-state index is 12.5. The van der Waals surface area contributed by atoms with Gasteiger partial charge in [-0.2, -0.15) is 0 Å². The van der Waals surface area contributed by atoms with Crippen LogP contribution in [0.1, 0.15) is 51.3 Å². The molecular formula is C17H20N2O3S. The summed E-state index contributed by atoms with van der Waals surface area (Å²) in [5.41, 5.74) is 3.36. The van der Waals surface area contributed by atoms with E-state index in [1.807, 2.05) is 32.0 Å². The van der Waals surface area contributed by atoms with Crippen molar-refractivity contribution < 1.29 is 14.7 Å². The van der Waals surface area contributed by atoms with Gasteiger partial charge in [0.15, 0.2) is 0 Å². The molecule has 1 amide bonds. The molecule has 0 aliphatic carbocycles. The Balaban J connectivity index is 2.24. The molecule has 0 saturated carbocycles. The van der Waals surface area contributed by atoms with E-state index < -0.39 is 11.9 Å². The van der Waals surface area contributed by atoms with Crippen molar-refractivity contribution in [3.8, 4) is 0 Å². The number of amides is 1. The molecule has 0 bridgehead atoms. The van der Waals surface area contributed by atoms with Crippen LogP contribution in [0.5, 0.6) is 0 Å². The number of nitrogens with one attached hydrogen (secondary N) is 1. The number of benzene rings is 1. The monoisotopic (exact) mass is 332 g/mol. The van der Waals surface area contributed by atoms with Crippen molar-refractivity contribution in [2.24, 2.45) is 0 Å². The molecule has 5 nitrogen and oxygen atoms in total. The molecule has 1 aromatic heterocycles. The topological polar surface area (TPSA) is 79.3 Å². The van der Waals surface area contributed by atoms with Crippen LogP contribution >= 0.6 is 11.3 Å². The van der Waals surface area contributed by atoms with Crippen LogP contribution in [0.15, 0.2) is 18.2 Å². The smallest absolute Gasteiger partial charge is 0.347 e. The first-order valence-corrected chi connectivity index (χ1v) is 8.26. The van der Waals surface area contributed by atoms with Gasteiger partial charge < -0.3 is 10.4 Å². The number of carbonyl (C=O) groups is 2. The number of para-hydroxylation sites is 1. The number of hydrogen-bond acceptors (Lipinski definition) is 4. The van der Waals surface area contributed by atoms with Crippen LogP contribution in [0.25, 0.3) is 0 Å². The summed E-state index contributed by atoms with van der Waals surface area (Å²) in [5.74, 6) is -1.69. The van der Waals surface area contributed by atoms with Gasteiger partial charge in [-0.15, -0.1) is 11.3 Å². The lowest BCUT2D eigenvalue weighted by Crippen LogP contribution is -2.20. The lowest BCUT2D eigenvalue weighted by atomic mass is 10.0. The first-order valence-electron chi connectivity index (χ1n) is 7.45. The number of rotatable bonds is 5. The maximum absolute atomic E-state index is 12.5. The van der Waals surface area contributed by atoms with Crippen molar-refractivity contribution in [1.29, 1.82) is 0 Å². The maximum Gasteiger partial charge on any atom is 0.347 e. The fourth-order valence-corrected chi connectivity index (χ4v) is 3.30. The molecule has 0 spiro atoms. The molecule has 1 heterocycles. The van der Waals surface area contributed by atoms with E-state index in [9.17, 15) is 9.59 Å². The Morgan fingerprint density at radius 1 is 1.35 bits per heavy atom. The normalized spacial score (nSPS) is 12.0. The molecular weight excluding hydrogens is 312 g/mol. The van der Waals surface area contributed by atoms with E-state index >= 15 is 0 Å². The van der Waals surface area contributed by atoms with Gasteiger partial charge in [0.1, 0.15) is 9.88 Å². The number of aryl methyl sites for hydroxylation is 3. The molecule has 1 aromatic carbocycles. The van der Waals surface area contributed by atoms with E-state index in [0.29, 0.717) is 10.7 Å². The minimum atomic E-state index is -1.01. The minimum Gasteiger partial charge on any atom is -0.477 e. The standard InChI is InChI=1S/C17H20N2O3S/c1-5-12-8-6-7-9(2)13(12)19-15(20)10(3)16-18-11(4)14(23-16)17(21)22/h6-8,10H,5H2,1-4H3,(H,19,20)(H,21,22)/t10-/m0/s1. The highest BCUT2D eigenvalue weighted by Crippen LogP contribution is 2.28. The van der Waals surface area contributed by atoms with Crippen LogP contribution in [-0.4, -0.2) is 22.0 Å². The summed E-state index contributed by atoms with van der Waals surface area (Å²) in [6.45, 7) is 7.38. The fraction of sp³-hybridized carbons (Fsp3) is 0.353. The Morgan fingerprint density at radius 3 is 2.61 bits per heavy atom. The molecule has 0 radical (unpaired) electrons. The van der Waals surface area contributed by atoms with Crippen LogP contribution in [0.3, 0.4) is 0 Å². The zero-order valence-corrected chi connectivity index (χ0v) is 14.5. The molecule has 6 heteroatoms. The predicted octanol–water partition coefficient (Wildman–Crippen LogP) is 3.76. The van der Waals surface area contributed by atoms with Crippen molar-refractivity contribution in [2.45, 2.75) is 40.0 Å². The first kappa shape index (κ1) is 17.1. The van der Waals surface area contributed by atoms with Gasteiger partial charge in [-0.25, -0.2) is 9.78 Å². The van der Waals surface area contributed by atoms with E-state index in [-0.39, 0.29) is 10.8 Å². The van der Waals surface area contributed by atoms with Crippen molar-refractivity contribution in [3.63, 3.8) is 0 Å². The van der Waals surface area contributed by atoms with E-state index in [2.05, 4.69) is 10.3 Å². The Kier molecular flexibility index (Phi) is 5.15. The number of carboxylic acid groups (broad SMARTS) is 1.